The highest BCUT2D eigenvalue weighted by atomic mass is 14.5. The van der Waals surface area contributed by atoms with Crippen molar-refractivity contribution in [3.8, 4) is 0 Å². The van der Waals surface area contributed by atoms with Crippen LogP contribution in [0.1, 0.15) is 444 Å². The summed E-state index contributed by atoms with van der Waals surface area (Å²) in [5.41, 5.74) is 9.27. The van der Waals surface area contributed by atoms with Crippen molar-refractivity contribution in [3.05, 3.63) is 167 Å². The third-order valence-electron chi connectivity index (χ3n) is 37.2. The molecule has 19 fully saturated rings. The summed E-state index contributed by atoms with van der Waals surface area (Å²) in [7, 11) is 0. The predicted molar refractivity (Wildman–Crippen MR) is 520 cm³/mol. The molecule has 0 amide bonds. The molecule has 120 heavy (non-hydrogen) atoms. The lowest BCUT2D eigenvalue weighted by molar-refractivity contribution is 0.115. The molecule has 0 aromatic heterocycles. The summed E-state index contributed by atoms with van der Waals surface area (Å²) in [5, 5.41) is 0. The number of benzene rings is 3. The lowest BCUT2D eigenvalue weighted by atomic mass is 9.66. The van der Waals surface area contributed by atoms with Gasteiger partial charge in [-0.2, -0.15) is 0 Å². The highest BCUT2D eigenvalue weighted by molar-refractivity contribution is 5.34. The van der Waals surface area contributed by atoms with Crippen molar-refractivity contribution >= 4 is 0 Å². The van der Waals surface area contributed by atoms with Gasteiger partial charge in [0.05, 0.1) is 0 Å². The third-order valence-corrected chi connectivity index (χ3v) is 37.2. The summed E-state index contributed by atoms with van der Waals surface area (Å²) in [6.07, 6.45) is 128. The standard InChI is InChI=1S/C12H22.C11H20.C10H18.C10H12.C10H10.C9H16.C9H10.C8H14.C8H10.C7H12.C7H10.C7H12.C6H10.C6H8/c1-2-4-8-12-10-6-5-9-11(12)7-3-1;1-2-6-10-8-4-5-9-11(10)7-3-1;3*1-2-6-10-8-4-3-7-9(10)5-1;2*1-2-5-9-7-3-6-8(9)4-1;2*1-2-4-8-6-5-7(8)3-1;2*1-2-6-4-5-7(6)3-1;1-2-4-7-5-6(7)3-1;2*1-2-5-4-6(5)3-1/h11-12H,1-10H2;10-11H,1-9H2;9-10H,1-8H2;1-2,5-6H,3-4,7-8H2;1-6H,7-8H2;8-9H,1-7H2;1-2,4-5H,3,6-7H2;7-8H,1-6H2;1-4,7-8H,5-6H2;6-7H,1-5H2;4-7H,1-3H2;6-7H,1-5H2;5-6H,1-4H2;1-2,5-6H,3-4H2. The third kappa shape index (κ3) is 29.7. The van der Waals surface area contributed by atoms with Crippen molar-refractivity contribution in [2.24, 2.45) is 130 Å². The summed E-state index contributed by atoms with van der Waals surface area (Å²) in [6.45, 7) is 0. The average molecular weight is 1630 g/mol. The Morgan fingerprint density at radius 3 is 0.625 bits per heavy atom. The molecule has 0 saturated heterocycles. The second-order valence-electron chi connectivity index (χ2n) is 45.1. The van der Waals surface area contributed by atoms with Crippen molar-refractivity contribution in [2.75, 3.05) is 0 Å². The molecule has 28 rings (SSSR count). The fraction of sp³-hybridized carbons (Fsp3) is 0.767. The van der Waals surface area contributed by atoms with Crippen LogP contribution in [0.3, 0.4) is 0 Å². The van der Waals surface area contributed by atoms with E-state index in [2.05, 4.69) is 134 Å². The van der Waals surface area contributed by atoms with Crippen molar-refractivity contribution in [3.63, 3.8) is 0 Å². The summed E-state index contributed by atoms with van der Waals surface area (Å²) in [5.74, 6) is 24.8. The first-order valence-corrected chi connectivity index (χ1v) is 55.1. The van der Waals surface area contributed by atoms with Gasteiger partial charge in [-0.05, 0) is 298 Å². The Hall–Kier alpha value is -3.64. The second-order valence-corrected chi connectivity index (χ2v) is 45.1. The van der Waals surface area contributed by atoms with E-state index in [1.165, 1.54) is 314 Å². The van der Waals surface area contributed by atoms with E-state index in [4.69, 9.17) is 0 Å². The van der Waals surface area contributed by atoms with Gasteiger partial charge in [-0.25, -0.2) is 0 Å². The quantitative estimate of drug-likeness (QED) is 0.197. The molecule has 0 nitrogen and oxygen atoms in total. The number of aryl methyl sites for hydroxylation is 4. The zero-order valence-electron chi connectivity index (χ0n) is 77.9. The normalized spacial score (nSPS) is 36.8. The monoisotopic (exact) mass is 1630 g/mol. The first-order valence-electron chi connectivity index (χ1n) is 55.1. The highest BCUT2D eigenvalue weighted by Gasteiger charge is 2.42. The minimum absolute atomic E-state index is 0.917. The maximum absolute atomic E-state index is 2.36. The molecule has 25 aliphatic rings. The smallest absolute Gasteiger partial charge is 0.00945 e. The minimum atomic E-state index is 0.917. The van der Waals surface area contributed by atoms with Crippen LogP contribution in [-0.4, -0.2) is 0 Å². The summed E-state index contributed by atoms with van der Waals surface area (Å²) < 4.78 is 0. The van der Waals surface area contributed by atoms with Crippen LogP contribution in [0.5, 0.6) is 0 Å². The molecule has 0 spiro atoms. The first-order chi connectivity index (χ1) is 59.5. The van der Waals surface area contributed by atoms with Crippen molar-refractivity contribution < 1.29 is 0 Å². The van der Waals surface area contributed by atoms with Gasteiger partial charge in [-0.1, -0.05) is 448 Å². The number of hydrogen-bond donors (Lipinski definition) is 0. The van der Waals surface area contributed by atoms with Crippen LogP contribution >= 0.6 is 0 Å². The molecule has 19 saturated carbocycles. The van der Waals surface area contributed by atoms with Crippen LogP contribution in [0.25, 0.3) is 0 Å². The van der Waals surface area contributed by atoms with E-state index >= 15 is 0 Å². The summed E-state index contributed by atoms with van der Waals surface area (Å²) in [4.78, 5) is 0. The van der Waals surface area contributed by atoms with Gasteiger partial charge in [-0.3, -0.25) is 0 Å². The maximum Gasteiger partial charge on any atom is -0.00945 e. The van der Waals surface area contributed by atoms with E-state index in [9.17, 15) is 0 Å². The van der Waals surface area contributed by atoms with Crippen LogP contribution in [0.2, 0.25) is 0 Å². The van der Waals surface area contributed by atoms with Crippen LogP contribution in [0.15, 0.2) is 134 Å². The van der Waals surface area contributed by atoms with Gasteiger partial charge in [0.2, 0.25) is 0 Å². The van der Waals surface area contributed by atoms with Gasteiger partial charge in [0.25, 0.3) is 0 Å². The number of rotatable bonds is 0. The van der Waals surface area contributed by atoms with Gasteiger partial charge < -0.3 is 0 Å². The zero-order valence-corrected chi connectivity index (χ0v) is 77.9. The summed E-state index contributed by atoms with van der Waals surface area (Å²) >= 11 is 0. The molecular formula is C120H184. The number of fused-ring (bicyclic) bond motifs is 14. The molecule has 0 aliphatic heterocycles. The first kappa shape index (κ1) is 91.1. The molecule has 0 heteroatoms. The van der Waals surface area contributed by atoms with Crippen molar-refractivity contribution in [1.29, 1.82) is 0 Å². The SMILES string of the molecule is C1=CC2CC2C1.C1=CC2CCC2C=C1.C1=CC2CCCC12.C1=CCc2ccccc2C1.C1CC2CC2C1.C1CC2CCC2C1.C1CCC2CC2C1.C1CCC2CCC2C1.C1CCC2CCCC2C1.C1CCC2CCCCC2C1.C1CCC2CCCCC2CC1.C1CCCC2CCCCC2CC1.c1ccc2c(c1)CCC2.c1ccc2c(c1)CCCC2. The lowest BCUT2D eigenvalue weighted by Crippen LogP contribution is -2.28. The van der Waals surface area contributed by atoms with E-state index < -0.39 is 0 Å². The fourth-order valence-electron chi connectivity index (χ4n) is 28.4. The number of hydrogen-bond acceptors (Lipinski definition) is 0. The number of allylic oxidation sites excluding steroid dienone is 10. The van der Waals surface area contributed by atoms with Crippen LogP contribution < -0.4 is 0 Å². The molecule has 664 valence electrons. The van der Waals surface area contributed by atoms with Crippen LogP contribution in [0, 0.1) is 130 Å². The van der Waals surface area contributed by atoms with Gasteiger partial charge in [0.15, 0.2) is 0 Å². The lowest BCUT2D eigenvalue weighted by Gasteiger charge is -2.40. The summed E-state index contributed by atoms with van der Waals surface area (Å²) in [6, 6.07) is 26.2. The van der Waals surface area contributed by atoms with Gasteiger partial charge in [0.1, 0.15) is 0 Å². The molecule has 20 atom stereocenters. The van der Waals surface area contributed by atoms with Gasteiger partial charge in [0, 0.05) is 0 Å². The molecule has 0 N–H and O–H groups in total. The topological polar surface area (TPSA) is 0 Å². The molecule has 0 bridgehead atoms. The molecular weight excluding hydrogens is 1440 g/mol. The largest absolute Gasteiger partial charge is 0.0880 e. The van der Waals surface area contributed by atoms with E-state index in [0.717, 1.165) is 83.9 Å². The van der Waals surface area contributed by atoms with Crippen molar-refractivity contribution in [1.82, 2.24) is 0 Å². The molecule has 20 unspecified atom stereocenters. The molecule has 3 aromatic carbocycles. The van der Waals surface area contributed by atoms with Crippen molar-refractivity contribution in [2.45, 2.75) is 449 Å². The molecule has 3 aromatic rings. The Labute approximate surface area is 741 Å². The molecule has 0 radical (unpaired) electrons. The van der Waals surface area contributed by atoms with Gasteiger partial charge >= 0.3 is 0 Å². The van der Waals surface area contributed by atoms with E-state index in [1.807, 2.05) is 0 Å². The predicted octanol–water partition coefficient (Wildman–Crippen LogP) is 35.8. The maximum atomic E-state index is 2.36. The van der Waals surface area contributed by atoms with Gasteiger partial charge in [-0.15, -0.1) is 0 Å². The Kier molecular flexibility index (Phi) is 38.6. The van der Waals surface area contributed by atoms with Crippen LogP contribution in [-0.2, 0) is 38.5 Å². The van der Waals surface area contributed by atoms with E-state index in [-0.39, 0.29) is 0 Å². The molecule has 0 heterocycles. The Morgan fingerprint density at radius 2 is 0.392 bits per heavy atom. The second kappa shape index (κ2) is 50.8. The van der Waals surface area contributed by atoms with E-state index in [1.54, 1.807) is 215 Å². The zero-order chi connectivity index (χ0) is 81.2. The Morgan fingerprint density at radius 1 is 0.150 bits per heavy atom. The highest BCUT2D eigenvalue weighted by Crippen LogP contribution is 2.53. The minimum Gasteiger partial charge on any atom is -0.0880 e. The fourth-order valence-corrected chi connectivity index (χ4v) is 28.4. The van der Waals surface area contributed by atoms with Crippen LogP contribution in [0.4, 0.5) is 0 Å². The van der Waals surface area contributed by atoms with E-state index in [0.29, 0.717) is 0 Å². The molecule has 25 aliphatic carbocycles. The Bertz CT molecular complexity index is 3260. The average Bonchev–Trinajstić information content (AvgIpc) is 1.61. The Balaban J connectivity index is 0.000000101.